The molecule has 4 rings (SSSR count). The van der Waals surface area contributed by atoms with Gasteiger partial charge >= 0.3 is 0 Å². The highest BCUT2D eigenvalue weighted by Crippen LogP contribution is 2.27. The van der Waals surface area contributed by atoms with Gasteiger partial charge in [0.05, 0.1) is 30.6 Å². The molecule has 1 amide bonds. The fourth-order valence-electron chi connectivity index (χ4n) is 3.11. The Balaban J connectivity index is 1.56. The normalized spacial score (nSPS) is 10.6. The fourth-order valence-corrected chi connectivity index (χ4v) is 3.11. The van der Waals surface area contributed by atoms with Gasteiger partial charge in [0.15, 0.2) is 0 Å². The number of pyridine rings is 2. The molecule has 0 aliphatic carbocycles. The van der Waals surface area contributed by atoms with Crippen LogP contribution in [0.25, 0.3) is 22.5 Å². The van der Waals surface area contributed by atoms with Crippen LogP contribution in [0, 0.1) is 0 Å². The standard InChI is InChI=1S/C23H21N5O2/c1-30-20-8-6-17(7-9-20)21-14-22(18-4-2-10-24-15-18)28(27-21)13-12-26-23(29)19-5-3-11-25-16-19/h2-11,14-16H,12-13H2,1H3,(H,26,29). The van der Waals surface area contributed by atoms with Crippen LogP contribution in [0.1, 0.15) is 10.4 Å². The van der Waals surface area contributed by atoms with Crippen LogP contribution in [-0.4, -0.2) is 39.3 Å². The molecule has 0 atom stereocenters. The molecule has 0 saturated heterocycles. The minimum Gasteiger partial charge on any atom is -0.497 e. The minimum atomic E-state index is -0.159. The minimum absolute atomic E-state index is 0.159. The maximum absolute atomic E-state index is 12.3. The third-order valence-electron chi connectivity index (χ3n) is 4.66. The summed E-state index contributed by atoms with van der Waals surface area (Å²) in [5, 5.41) is 7.68. The Morgan fingerprint density at radius 1 is 1.00 bits per heavy atom. The first kappa shape index (κ1) is 19.3. The van der Waals surface area contributed by atoms with E-state index in [1.807, 2.05) is 47.1 Å². The quantitative estimate of drug-likeness (QED) is 0.515. The van der Waals surface area contributed by atoms with Crippen molar-refractivity contribution >= 4 is 5.91 Å². The highest BCUT2D eigenvalue weighted by atomic mass is 16.5. The fraction of sp³-hybridized carbons (Fsp3) is 0.130. The van der Waals surface area contributed by atoms with Crippen molar-refractivity contribution in [2.45, 2.75) is 6.54 Å². The van der Waals surface area contributed by atoms with Crippen molar-refractivity contribution in [1.29, 1.82) is 0 Å². The molecule has 0 aliphatic heterocycles. The van der Waals surface area contributed by atoms with E-state index in [0.29, 0.717) is 18.7 Å². The Kier molecular flexibility index (Phi) is 5.80. The van der Waals surface area contributed by atoms with E-state index >= 15 is 0 Å². The number of nitrogens with one attached hydrogen (secondary N) is 1. The molecule has 0 unspecified atom stereocenters. The second-order valence-electron chi connectivity index (χ2n) is 6.61. The van der Waals surface area contributed by atoms with Crippen LogP contribution < -0.4 is 10.1 Å². The summed E-state index contributed by atoms with van der Waals surface area (Å²) in [5.74, 6) is 0.636. The van der Waals surface area contributed by atoms with E-state index < -0.39 is 0 Å². The third kappa shape index (κ3) is 4.35. The number of amides is 1. The molecule has 0 saturated carbocycles. The predicted molar refractivity (Wildman–Crippen MR) is 114 cm³/mol. The molecule has 7 heteroatoms. The lowest BCUT2D eigenvalue weighted by Crippen LogP contribution is -2.27. The zero-order valence-electron chi connectivity index (χ0n) is 16.5. The monoisotopic (exact) mass is 399 g/mol. The number of hydrogen-bond donors (Lipinski definition) is 1. The van der Waals surface area contributed by atoms with Crippen LogP contribution in [0.5, 0.6) is 5.75 Å². The van der Waals surface area contributed by atoms with Crippen LogP contribution in [0.4, 0.5) is 0 Å². The average molecular weight is 399 g/mol. The first-order chi connectivity index (χ1) is 14.7. The number of aromatic nitrogens is 4. The lowest BCUT2D eigenvalue weighted by molar-refractivity contribution is 0.0951. The molecule has 0 spiro atoms. The van der Waals surface area contributed by atoms with E-state index in [2.05, 4.69) is 15.3 Å². The molecule has 0 aliphatic rings. The SMILES string of the molecule is COc1ccc(-c2cc(-c3cccnc3)n(CCNC(=O)c3cccnc3)n2)cc1. The van der Waals surface area contributed by atoms with Crippen LogP contribution in [0.2, 0.25) is 0 Å². The summed E-state index contributed by atoms with van der Waals surface area (Å²) in [6, 6.07) is 17.2. The van der Waals surface area contributed by atoms with E-state index in [1.54, 1.807) is 44.0 Å². The molecule has 7 nitrogen and oxygen atoms in total. The average Bonchev–Trinajstić information content (AvgIpc) is 3.24. The zero-order valence-corrected chi connectivity index (χ0v) is 16.5. The van der Waals surface area contributed by atoms with E-state index in [1.165, 1.54) is 0 Å². The second-order valence-corrected chi connectivity index (χ2v) is 6.61. The zero-order chi connectivity index (χ0) is 20.8. The molecular formula is C23H21N5O2. The predicted octanol–water partition coefficient (Wildman–Crippen LogP) is 3.45. The van der Waals surface area contributed by atoms with Gasteiger partial charge in [-0.2, -0.15) is 5.10 Å². The number of rotatable bonds is 7. The molecule has 3 heterocycles. The van der Waals surface area contributed by atoms with Crippen molar-refractivity contribution in [3.63, 3.8) is 0 Å². The number of carbonyl (C=O) groups is 1. The third-order valence-corrected chi connectivity index (χ3v) is 4.66. The number of nitrogens with zero attached hydrogens (tertiary/aromatic N) is 4. The molecule has 150 valence electrons. The number of ether oxygens (including phenoxy) is 1. The van der Waals surface area contributed by atoms with Crippen LogP contribution in [0.15, 0.2) is 79.4 Å². The number of carbonyl (C=O) groups excluding carboxylic acids is 1. The largest absolute Gasteiger partial charge is 0.497 e. The Hall–Kier alpha value is -4.00. The number of benzene rings is 1. The van der Waals surface area contributed by atoms with Crippen molar-refractivity contribution in [2.24, 2.45) is 0 Å². The molecule has 0 radical (unpaired) electrons. The molecule has 0 bridgehead atoms. The number of hydrogen-bond acceptors (Lipinski definition) is 5. The smallest absolute Gasteiger partial charge is 0.252 e. The van der Waals surface area contributed by atoms with Crippen molar-refractivity contribution in [2.75, 3.05) is 13.7 Å². The van der Waals surface area contributed by atoms with E-state index in [4.69, 9.17) is 9.84 Å². The summed E-state index contributed by atoms with van der Waals surface area (Å²) in [6.07, 6.45) is 6.73. The van der Waals surface area contributed by atoms with Gasteiger partial charge in [-0.05, 0) is 54.6 Å². The summed E-state index contributed by atoms with van der Waals surface area (Å²) < 4.78 is 7.13. The lowest BCUT2D eigenvalue weighted by atomic mass is 10.1. The Morgan fingerprint density at radius 2 is 1.77 bits per heavy atom. The van der Waals surface area contributed by atoms with Gasteiger partial charge in [0.1, 0.15) is 5.75 Å². The summed E-state index contributed by atoms with van der Waals surface area (Å²) >= 11 is 0. The molecule has 0 fully saturated rings. The van der Waals surface area contributed by atoms with Crippen molar-refractivity contribution in [1.82, 2.24) is 25.1 Å². The van der Waals surface area contributed by atoms with Gasteiger partial charge in [0.25, 0.3) is 5.91 Å². The topological polar surface area (TPSA) is 81.9 Å². The molecule has 1 N–H and O–H groups in total. The molecular weight excluding hydrogens is 378 g/mol. The van der Waals surface area contributed by atoms with Gasteiger partial charge in [-0.25, -0.2) is 0 Å². The molecule has 3 aromatic heterocycles. The van der Waals surface area contributed by atoms with E-state index in [-0.39, 0.29) is 5.91 Å². The lowest BCUT2D eigenvalue weighted by Gasteiger charge is -2.09. The van der Waals surface area contributed by atoms with Crippen LogP contribution >= 0.6 is 0 Å². The van der Waals surface area contributed by atoms with Crippen molar-refractivity contribution < 1.29 is 9.53 Å². The number of methoxy groups -OCH3 is 1. The van der Waals surface area contributed by atoms with Crippen molar-refractivity contribution in [3.8, 4) is 28.3 Å². The first-order valence-corrected chi connectivity index (χ1v) is 9.55. The van der Waals surface area contributed by atoms with Crippen LogP contribution in [0.3, 0.4) is 0 Å². The summed E-state index contributed by atoms with van der Waals surface area (Å²) in [4.78, 5) is 20.5. The van der Waals surface area contributed by atoms with Gasteiger partial charge < -0.3 is 10.1 Å². The molecule has 4 aromatic rings. The highest BCUT2D eigenvalue weighted by molar-refractivity contribution is 5.93. The van der Waals surface area contributed by atoms with Gasteiger partial charge in [0.2, 0.25) is 0 Å². The Labute approximate surface area is 174 Å². The first-order valence-electron chi connectivity index (χ1n) is 9.55. The van der Waals surface area contributed by atoms with Gasteiger partial charge in [-0.15, -0.1) is 0 Å². The van der Waals surface area contributed by atoms with E-state index in [0.717, 1.165) is 28.3 Å². The Bertz CT molecular complexity index is 1110. The molecule has 1 aromatic carbocycles. The maximum atomic E-state index is 12.3. The van der Waals surface area contributed by atoms with Crippen LogP contribution in [-0.2, 0) is 6.54 Å². The summed E-state index contributed by atoms with van der Waals surface area (Å²) in [7, 11) is 1.64. The maximum Gasteiger partial charge on any atom is 0.252 e. The second kappa shape index (κ2) is 9.00. The summed E-state index contributed by atoms with van der Waals surface area (Å²) in [6.45, 7) is 0.955. The molecule has 30 heavy (non-hydrogen) atoms. The van der Waals surface area contributed by atoms with Gasteiger partial charge in [-0.1, -0.05) is 0 Å². The van der Waals surface area contributed by atoms with Gasteiger partial charge in [0, 0.05) is 42.5 Å². The highest BCUT2D eigenvalue weighted by Gasteiger charge is 2.13. The summed E-state index contributed by atoms with van der Waals surface area (Å²) in [5.41, 5.74) is 4.26. The Morgan fingerprint density at radius 3 is 2.43 bits per heavy atom. The van der Waals surface area contributed by atoms with Crippen molar-refractivity contribution in [3.05, 3.63) is 84.9 Å². The van der Waals surface area contributed by atoms with Gasteiger partial charge in [-0.3, -0.25) is 19.4 Å². The van der Waals surface area contributed by atoms with E-state index in [9.17, 15) is 4.79 Å².